The van der Waals surface area contributed by atoms with Crippen molar-refractivity contribution in [3.63, 3.8) is 0 Å². The number of hydrogen-bond acceptors (Lipinski definition) is 4. The monoisotopic (exact) mass is 204 g/mol. The van der Waals surface area contributed by atoms with Crippen LogP contribution in [0.5, 0.6) is 5.75 Å². The molecule has 0 bridgehead atoms. The number of nitrogens with zero attached hydrogens (tertiary/aromatic N) is 1. The summed E-state index contributed by atoms with van der Waals surface area (Å²) in [7, 11) is 0. The van der Waals surface area contributed by atoms with Crippen molar-refractivity contribution >= 4 is 0 Å². The minimum Gasteiger partial charge on any atom is -0.508 e. The van der Waals surface area contributed by atoms with Crippen LogP contribution in [0.3, 0.4) is 0 Å². The van der Waals surface area contributed by atoms with Crippen LogP contribution in [-0.2, 0) is 0 Å². The summed E-state index contributed by atoms with van der Waals surface area (Å²) < 4.78 is 5.44. The number of nitrogens with two attached hydrogens (primary N) is 1. The van der Waals surface area contributed by atoms with E-state index in [1.807, 2.05) is 13.0 Å². The lowest BCUT2D eigenvalue weighted by Gasteiger charge is -1.98. The fourth-order valence-corrected chi connectivity index (χ4v) is 1.27. The van der Waals surface area contributed by atoms with Crippen LogP contribution < -0.4 is 5.73 Å². The van der Waals surface area contributed by atoms with Gasteiger partial charge >= 0.3 is 0 Å². The molecule has 4 nitrogen and oxygen atoms in total. The molecule has 0 aliphatic rings. The summed E-state index contributed by atoms with van der Waals surface area (Å²) in [5.74, 6) is 1.29. The van der Waals surface area contributed by atoms with Crippen molar-refractivity contribution < 1.29 is 9.52 Å². The van der Waals surface area contributed by atoms with Gasteiger partial charge in [0.05, 0.1) is 12.2 Å². The van der Waals surface area contributed by atoms with Crippen LogP contribution in [0.15, 0.2) is 34.9 Å². The van der Waals surface area contributed by atoms with Crippen LogP contribution in [0, 0.1) is 0 Å². The first-order valence-electron chi connectivity index (χ1n) is 4.67. The van der Waals surface area contributed by atoms with E-state index >= 15 is 0 Å². The fraction of sp³-hybridized carbons (Fsp3) is 0.182. The molecule has 1 aromatic carbocycles. The second kappa shape index (κ2) is 3.74. The third-order valence-electron chi connectivity index (χ3n) is 2.07. The van der Waals surface area contributed by atoms with Crippen molar-refractivity contribution in [2.75, 3.05) is 0 Å². The largest absolute Gasteiger partial charge is 0.508 e. The number of oxazole rings is 1. The van der Waals surface area contributed by atoms with Gasteiger partial charge in [0.25, 0.3) is 0 Å². The van der Waals surface area contributed by atoms with Crippen LogP contribution in [-0.4, -0.2) is 10.1 Å². The lowest BCUT2D eigenvalue weighted by molar-refractivity contribution is 0.472. The van der Waals surface area contributed by atoms with E-state index in [4.69, 9.17) is 10.2 Å². The SMILES string of the molecule is CC(N)c1cnc(-c2cccc(O)c2)o1. The Morgan fingerprint density at radius 3 is 2.87 bits per heavy atom. The van der Waals surface area contributed by atoms with Gasteiger partial charge in [-0.05, 0) is 25.1 Å². The van der Waals surface area contributed by atoms with Gasteiger partial charge in [-0.2, -0.15) is 0 Å². The van der Waals surface area contributed by atoms with Gasteiger partial charge in [0.15, 0.2) is 0 Å². The molecule has 1 aromatic heterocycles. The second-order valence-corrected chi connectivity index (χ2v) is 3.41. The van der Waals surface area contributed by atoms with E-state index in [2.05, 4.69) is 4.98 Å². The average Bonchev–Trinajstić information content (AvgIpc) is 2.66. The molecular formula is C11H12N2O2. The molecule has 4 heteroatoms. The van der Waals surface area contributed by atoms with Crippen LogP contribution >= 0.6 is 0 Å². The van der Waals surface area contributed by atoms with E-state index in [-0.39, 0.29) is 11.8 Å². The Kier molecular flexibility index (Phi) is 2.43. The quantitative estimate of drug-likeness (QED) is 0.785. The molecule has 0 aliphatic carbocycles. The summed E-state index contributed by atoms with van der Waals surface area (Å²) in [5, 5.41) is 9.30. The first kappa shape index (κ1) is 9.73. The maximum atomic E-state index is 9.30. The maximum absolute atomic E-state index is 9.30. The highest BCUT2D eigenvalue weighted by Crippen LogP contribution is 2.24. The van der Waals surface area contributed by atoms with Crippen molar-refractivity contribution in [2.45, 2.75) is 13.0 Å². The molecule has 2 rings (SSSR count). The Hall–Kier alpha value is -1.81. The number of benzene rings is 1. The Balaban J connectivity index is 2.37. The van der Waals surface area contributed by atoms with Gasteiger partial charge in [0, 0.05) is 5.56 Å². The molecule has 0 saturated carbocycles. The standard InChI is InChI=1S/C11H12N2O2/c1-7(12)10-6-13-11(15-10)8-3-2-4-9(14)5-8/h2-7,14H,12H2,1H3. The van der Waals surface area contributed by atoms with Crippen molar-refractivity contribution in [2.24, 2.45) is 5.73 Å². The van der Waals surface area contributed by atoms with Crippen molar-refractivity contribution in [1.29, 1.82) is 0 Å². The van der Waals surface area contributed by atoms with Crippen LogP contribution in [0.4, 0.5) is 0 Å². The molecular weight excluding hydrogens is 192 g/mol. The highest BCUT2D eigenvalue weighted by molar-refractivity contribution is 5.55. The summed E-state index contributed by atoms with van der Waals surface area (Å²) in [6.45, 7) is 1.83. The van der Waals surface area contributed by atoms with Gasteiger partial charge in [-0.25, -0.2) is 4.98 Å². The average molecular weight is 204 g/mol. The van der Waals surface area contributed by atoms with E-state index in [9.17, 15) is 5.11 Å². The van der Waals surface area contributed by atoms with E-state index < -0.39 is 0 Å². The third-order valence-corrected chi connectivity index (χ3v) is 2.07. The topological polar surface area (TPSA) is 72.3 Å². The van der Waals surface area contributed by atoms with E-state index in [0.717, 1.165) is 5.56 Å². The summed E-state index contributed by atoms with van der Waals surface area (Å²) >= 11 is 0. The first-order valence-corrected chi connectivity index (χ1v) is 4.67. The predicted molar refractivity (Wildman–Crippen MR) is 56.2 cm³/mol. The molecule has 1 atom stereocenters. The lowest BCUT2D eigenvalue weighted by Crippen LogP contribution is -2.02. The number of aromatic nitrogens is 1. The van der Waals surface area contributed by atoms with Gasteiger partial charge in [-0.3, -0.25) is 0 Å². The van der Waals surface area contributed by atoms with Crippen molar-refractivity contribution in [3.8, 4) is 17.2 Å². The predicted octanol–water partition coefficient (Wildman–Crippen LogP) is 2.07. The summed E-state index contributed by atoms with van der Waals surface area (Å²) in [5.41, 5.74) is 6.39. The Morgan fingerprint density at radius 1 is 1.47 bits per heavy atom. The van der Waals surface area contributed by atoms with Crippen LogP contribution in [0.25, 0.3) is 11.5 Å². The molecule has 0 radical (unpaired) electrons. The Labute approximate surface area is 87.4 Å². The molecule has 1 unspecified atom stereocenters. The van der Waals surface area contributed by atoms with Gasteiger partial charge in [0.2, 0.25) is 5.89 Å². The number of phenolic OH excluding ortho intramolecular Hbond substituents is 1. The van der Waals surface area contributed by atoms with Gasteiger partial charge < -0.3 is 15.3 Å². The Bertz CT molecular complexity index is 463. The van der Waals surface area contributed by atoms with Gasteiger partial charge in [-0.15, -0.1) is 0 Å². The van der Waals surface area contributed by atoms with Crippen molar-refractivity contribution in [3.05, 3.63) is 36.2 Å². The molecule has 3 N–H and O–H groups in total. The van der Waals surface area contributed by atoms with E-state index in [0.29, 0.717) is 11.7 Å². The van der Waals surface area contributed by atoms with E-state index in [1.165, 1.54) is 0 Å². The molecule has 15 heavy (non-hydrogen) atoms. The maximum Gasteiger partial charge on any atom is 0.226 e. The minimum atomic E-state index is -0.177. The molecule has 2 aromatic rings. The number of phenols is 1. The molecule has 0 saturated heterocycles. The molecule has 78 valence electrons. The van der Waals surface area contributed by atoms with Gasteiger partial charge in [0.1, 0.15) is 11.5 Å². The van der Waals surface area contributed by atoms with Crippen LogP contribution in [0.1, 0.15) is 18.7 Å². The van der Waals surface area contributed by atoms with Gasteiger partial charge in [-0.1, -0.05) is 6.07 Å². The summed E-state index contributed by atoms with van der Waals surface area (Å²) in [6.07, 6.45) is 1.60. The smallest absolute Gasteiger partial charge is 0.226 e. The highest BCUT2D eigenvalue weighted by Gasteiger charge is 2.09. The lowest BCUT2D eigenvalue weighted by atomic mass is 10.2. The Morgan fingerprint density at radius 2 is 2.27 bits per heavy atom. The summed E-state index contributed by atoms with van der Waals surface area (Å²) in [6, 6.07) is 6.57. The molecule has 0 spiro atoms. The number of hydrogen-bond donors (Lipinski definition) is 2. The molecule has 1 heterocycles. The summed E-state index contributed by atoms with van der Waals surface area (Å²) in [4.78, 5) is 4.09. The zero-order valence-corrected chi connectivity index (χ0v) is 8.34. The number of aromatic hydroxyl groups is 1. The van der Waals surface area contributed by atoms with Crippen molar-refractivity contribution in [1.82, 2.24) is 4.98 Å². The highest BCUT2D eigenvalue weighted by atomic mass is 16.4. The molecule has 0 fully saturated rings. The first-order chi connectivity index (χ1) is 7.16. The zero-order chi connectivity index (χ0) is 10.8. The molecule has 0 amide bonds. The normalized spacial score (nSPS) is 12.7. The second-order valence-electron chi connectivity index (χ2n) is 3.41. The van der Waals surface area contributed by atoms with Crippen LogP contribution in [0.2, 0.25) is 0 Å². The number of rotatable bonds is 2. The fourth-order valence-electron chi connectivity index (χ4n) is 1.27. The van der Waals surface area contributed by atoms with E-state index in [1.54, 1.807) is 24.4 Å². The minimum absolute atomic E-state index is 0.177. The third kappa shape index (κ3) is 1.99. The zero-order valence-electron chi connectivity index (χ0n) is 8.34. The molecule has 0 aliphatic heterocycles.